The maximum atomic E-state index is 13.7. The number of ether oxygens (including phenoxy) is 1. The number of halogens is 1. The van der Waals surface area contributed by atoms with Crippen LogP contribution in [0.5, 0.6) is 0 Å². The topological polar surface area (TPSA) is 99.8 Å². The first-order chi connectivity index (χ1) is 22.1. The molecular formula is C35H49FN4O4S2. The predicted octanol–water partition coefficient (Wildman–Crippen LogP) is 5.16. The second kappa shape index (κ2) is 18.1. The van der Waals surface area contributed by atoms with Gasteiger partial charge in [0.1, 0.15) is 11.9 Å². The smallest absolute Gasteiger partial charge is 0.328 e. The molecule has 2 aromatic rings. The molecule has 4 rings (SSSR count). The predicted molar refractivity (Wildman–Crippen MR) is 187 cm³/mol. The average molecular weight is 673 g/mol. The van der Waals surface area contributed by atoms with Crippen molar-refractivity contribution < 1.29 is 23.5 Å². The molecule has 2 aliphatic heterocycles. The highest BCUT2D eigenvalue weighted by molar-refractivity contribution is 8.14. The van der Waals surface area contributed by atoms with Crippen LogP contribution in [0.3, 0.4) is 0 Å². The van der Waals surface area contributed by atoms with E-state index in [9.17, 15) is 18.8 Å². The lowest BCUT2D eigenvalue weighted by Gasteiger charge is -2.28. The highest BCUT2D eigenvalue weighted by Crippen LogP contribution is 2.29. The Balaban J connectivity index is 1.41. The van der Waals surface area contributed by atoms with Crippen molar-refractivity contribution in [1.82, 2.24) is 15.5 Å². The summed E-state index contributed by atoms with van der Waals surface area (Å²) in [6.45, 7) is 7.01. The van der Waals surface area contributed by atoms with E-state index in [2.05, 4.69) is 27.9 Å². The Morgan fingerprint density at radius 3 is 2.52 bits per heavy atom. The van der Waals surface area contributed by atoms with Gasteiger partial charge in [-0.25, -0.2) is 9.18 Å². The molecule has 0 bridgehead atoms. The molecule has 3 N–H and O–H groups in total. The molecule has 2 aliphatic rings. The van der Waals surface area contributed by atoms with Crippen molar-refractivity contribution in [1.29, 1.82) is 0 Å². The lowest BCUT2D eigenvalue weighted by molar-refractivity contribution is -0.149. The van der Waals surface area contributed by atoms with Gasteiger partial charge in [0.2, 0.25) is 0 Å². The number of benzene rings is 2. The van der Waals surface area contributed by atoms with Crippen molar-refractivity contribution >= 4 is 46.2 Å². The zero-order valence-electron chi connectivity index (χ0n) is 27.5. The van der Waals surface area contributed by atoms with Crippen LogP contribution < -0.4 is 16.0 Å². The molecule has 0 spiro atoms. The molecule has 2 fully saturated rings. The number of carbonyl (C=O) groups excluding carboxylic acids is 3. The van der Waals surface area contributed by atoms with E-state index in [1.54, 1.807) is 37.7 Å². The number of carbonyl (C=O) groups is 3. The van der Waals surface area contributed by atoms with Crippen LogP contribution in [0, 0.1) is 11.7 Å². The number of hydrogen-bond donors (Lipinski definition) is 3. The van der Waals surface area contributed by atoms with Crippen LogP contribution >= 0.6 is 23.5 Å². The van der Waals surface area contributed by atoms with Crippen molar-refractivity contribution in [2.24, 2.45) is 5.92 Å². The molecule has 11 heteroatoms. The molecule has 0 saturated carbocycles. The van der Waals surface area contributed by atoms with Crippen LogP contribution in [0.4, 0.5) is 10.1 Å². The van der Waals surface area contributed by atoms with Crippen molar-refractivity contribution in [3.8, 4) is 0 Å². The molecule has 0 unspecified atom stereocenters. The SMILES string of the molecule is CSCC[C@H](NC(=O)c1cc(NC[C@@H]2C[C@H](SC(=O)C3CCN(C)CC3)CN2)ccc1CCc1ccc(F)cc1)C(=O)OC(C)C. The van der Waals surface area contributed by atoms with E-state index in [1.807, 2.05) is 24.5 Å². The molecule has 1 amide bonds. The highest BCUT2D eigenvalue weighted by atomic mass is 32.2. The van der Waals surface area contributed by atoms with Gasteiger partial charge < -0.3 is 25.6 Å². The second-order valence-corrected chi connectivity index (χ2v) is 14.9. The lowest BCUT2D eigenvalue weighted by atomic mass is 9.98. The van der Waals surface area contributed by atoms with Crippen LogP contribution in [-0.4, -0.2) is 90.6 Å². The summed E-state index contributed by atoms with van der Waals surface area (Å²) >= 11 is 3.12. The fourth-order valence-electron chi connectivity index (χ4n) is 5.85. The first kappa shape index (κ1) is 36.2. The van der Waals surface area contributed by atoms with Crippen LogP contribution in [-0.2, 0) is 27.2 Å². The lowest BCUT2D eigenvalue weighted by Crippen LogP contribution is -2.43. The summed E-state index contributed by atoms with van der Waals surface area (Å²) in [6, 6.07) is 11.6. The highest BCUT2D eigenvalue weighted by Gasteiger charge is 2.31. The number of esters is 1. The minimum atomic E-state index is -0.752. The fraction of sp³-hybridized carbons (Fsp3) is 0.571. The van der Waals surface area contributed by atoms with Crippen molar-refractivity contribution in [3.05, 3.63) is 65.0 Å². The zero-order valence-corrected chi connectivity index (χ0v) is 29.1. The third kappa shape index (κ3) is 11.3. The molecule has 2 saturated heterocycles. The number of aryl methyl sites for hydroxylation is 2. The van der Waals surface area contributed by atoms with E-state index in [0.717, 1.165) is 55.7 Å². The molecule has 0 radical (unpaired) electrons. The Kier molecular flexibility index (Phi) is 14.2. The summed E-state index contributed by atoms with van der Waals surface area (Å²) in [5.74, 6) is -0.179. The number of rotatable bonds is 15. The van der Waals surface area contributed by atoms with Crippen molar-refractivity contribution in [3.63, 3.8) is 0 Å². The molecule has 0 aromatic heterocycles. The summed E-state index contributed by atoms with van der Waals surface area (Å²) in [5, 5.41) is 10.6. The Labute approximate surface area is 281 Å². The number of hydrogen-bond acceptors (Lipinski definition) is 9. The van der Waals surface area contributed by atoms with Crippen LogP contribution in [0.15, 0.2) is 42.5 Å². The molecule has 0 aliphatic carbocycles. The summed E-state index contributed by atoms with van der Waals surface area (Å²) in [6.07, 6.45) is 6.15. The maximum absolute atomic E-state index is 13.7. The molecule has 252 valence electrons. The molecule has 46 heavy (non-hydrogen) atoms. The van der Waals surface area contributed by atoms with Crippen molar-refractivity contribution in [2.75, 3.05) is 50.6 Å². The first-order valence-electron chi connectivity index (χ1n) is 16.3. The van der Waals surface area contributed by atoms with Gasteiger partial charge in [-0.05, 0) is 120 Å². The van der Waals surface area contributed by atoms with Gasteiger partial charge in [-0.2, -0.15) is 11.8 Å². The number of nitrogens with one attached hydrogen (secondary N) is 3. The second-order valence-electron chi connectivity index (χ2n) is 12.6. The monoisotopic (exact) mass is 672 g/mol. The largest absolute Gasteiger partial charge is 0.461 e. The van der Waals surface area contributed by atoms with Crippen LogP contribution in [0.25, 0.3) is 0 Å². The van der Waals surface area contributed by atoms with Gasteiger partial charge in [0.25, 0.3) is 5.91 Å². The molecule has 2 aromatic carbocycles. The fourth-order valence-corrected chi connectivity index (χ4v) is 7.59. The van der Waals surface area contributed by atoms with Gasteiger partial charge in [-0.3, -0.25) is 9.59 Å². The van der Waals surface area contributed by atoms with E-state index in [-0.39, 0.29) is 35.0 Å². The van der Waals surface area contributed by atoms with Gasteiger partial charge in [0.05, 0.1) is 6.10 Å². The molecular weight excluding hydrogens is 624 g/mol. The van der Waals surface area contributed by atoms with Crippen LogP contribution in [0.1, 0.15) is 61.0 Å². The van der Waals surface area contributed by atoms with E-state index >= 15 is 0 Å². The molecule has 3 atom stereocenters. The first-order valence-corrected chi connectivity index (χ1v) is 18.6. The van der Waals surface area contributed by atoms with Crippen molar-refractivity contribution in [2.45, 2.75) is 75.8 Å². The number of thioether (sulfide) groups is 2. The summed E-state index contributed by atoms with van der Waals surface area (Å²) in [5.41, 5.74) is 3.12. The minimum absolute atomic E-state index is 0.164. The number of nitrogens with zero attached hydrogens (tertiary/aromatic N) is 1. The van der Waals surface area contributed by atoms with Crippen LogP contribution in [0.2, 0.25) is 0 Å². The summed E-state index contributed by atoms with van der Waals surface area (Å²) in [4.78, 5) is 41.7. The third-order valence-electron chi connectivity index (χ3n) is 8.57. The average Bonchev–Trinajstić information content (AvgIpc) is 3.48. The number of amides is 1. The van der Waals surface area contributed by atoms with E-state index in [0.29, 0.717) is 42.2 Å². The minimum Gasteiger partial charge on any atom is -0.461 e. The van der Waals surface area contributed by atoms with E-state index in [4.69, 9.17) is 4.74 Å². The standard InChI is InChI=1S/C35H49FN4O4S2/c1-23(2)44-34(42)32(15-18-45-4)39-33(41)31-20-28(12-9-25(31)8-5-24-6-10-27(36)11-7-24)37-21-29-19-30(22-38-29)46-35(43)26-13-16-40(3)17-14-26/h6-7,9-12,20,23,26,29-30,32,37-38H,5,8,13-19,21-22H2,1-4H3,(H,39,41)/t29-,30-,32-/m0/s1. The number of likely N-dealkylation sites (tertiary alicyclic amines) is 1. The Bertz CT molecular complexity index is 1300. The number of anilines is 1. The Morgan fingerprint density at radius 1 is 1.09 bits per heavy atom. The molecule has 2 heterocycles. The molecule has 8 nitrogen and oxygen atoms in total. The van der Waals surface area contributed by atoms with E-state index < -0.39 is 12.0 Å². The quantitative estimate of drug-likeness (QED) is 0.222. The summed E-state index contributed by atoms with van der Waals surface area (Å²) < 4.78 is 18.9. The normalized spacial score (nSPS) is 19.6. The maximum Gasteiger partial charge on any atom is 0.328 e. The third-order valence-corrected chi connectivity index (χ3v) is 10.5. The Morgan fingerprint density at radius 2 is 1.83 bits per heavy atom. The van der Waals surface area contributed by atoms with Gasteiger partial charge in [0.15, 0.2) is 5.12 Å². The van der Waals surface area contributed by atoms with Gasteiger partial charge in [0, 0.05) is 41.6 Å². The van der Waals surface area contributed by atoms with E-state index in [1.165, 1.54) is 23.9 Å². The summed E-state index contributed by atoms with van der Waals surface area (Å²) in [7, 11) is 2.11. The number of piperidine rings is 1. The Hall–Kier alpha value is -2.60. The van der Waals surface area contributed by atoms with Gasteiger partial charge in [-0.15, -0.1) is 0 Å². The zero-order chi connectivity index (χ0) is 33.1. The van der Waals surface area contributed by atoms with Gasteiger partial charge >= 0.3 is 5.97 Å². The van der Waals surface area contributed by atoms with Gasteiger partial charge in [-0.1, -0.05) is 30.0 Å².